The summed E-state index contributed by atoms with van der Waals surface area (Å²) in [7, 11) is 1.05. The summed E-state index contributed by atoms with van der Waals surface area (Å²) in [5.74, 6) is -4.08. The molecule has 0 N–H and O–H groups in total. The molecule has 138 valence electrons. The predicted octanol–water partition coefficient (Wildman–Crippen LogP) is 2.63. The molecule has 2 amide bonds. The van der Waals surface area contributed by atoms with Crippen LogP contribution in [0.15, 0.2) is 48.5 Å². The quantitative estimate of drug-likeness (QED) is 0.618. The summed E-state index contributed by atoms with van der Waals surface area (Å²) >= 11 is 0. The molecule has 1 aliphatic heterocycles. The molecule has 3 atom stereocenters. The number of anilines is 1. The molecule has 5 nitrogen and oxygen atoms in total. The highest BCUT2D eigenvalue weighted by molar-refractivity contribution is 6.34. The van der Waals surface area contributed by atoms with Gasteiger partial charge in [-0.3, -0.25) is 9.59 Å². The standard InChI is InChI=1S/C21H18FNO4/c1-12-4-8-14(9-5-12)20-16(21(20,22)19(26)27-3)17(24)23(18(20)25)15-10-6-13(2)7-11-15/h4-11,16H,1-3H3/t16-,20-,21-/m0/s1. The molecule has 1 heterocycles. The van der Waals surface area contributed by atoms with Gasteiger partial charge in [0.15, 0.2) is 0 Å². The predicted molar refractivity (Wildman–Crippen MR) is 95.9 cm³/mol. The monoisotopic (exact) mass is 367 g/mol. The smallest absolute Gasteiger partial charge is 0.346 e. The number of esters is 1. The van der Waals surface area contributed by atoms with Crippen molar-refractivity contribution in [1.82, 2.24) is 0 Å². The van der Waals surface area contributed by atoms with Crippen LogP contribution in [0, 0.1) is 19.8 Å². The second-order valence-electron chi connectivity index (χ2n) is 7.12. The fourth-order valence-electron chi connectivity index (χ4n) is 4.16. The highest BCUT2D eigenvalue weighted by atomic mass is 19.1. The number of benzene rings is 2. The summed E-state index contributed by atoms with van der Waals surface area (Å²) in [6, 6.07) is 13.4. The molecule has 2 aromatic rings. The second-order valence-corrected chi connectivity index (χ2v) is 7.12. The van der Waals surface area contributed by atoms with E-state index in [1.54, 1.807) is 48.5 Å². The first-order valence-corrected chi connectivity index (χ1v) is 8.59. The normalized spacial score (nSPS) is 28.9. The maximum absolute atomic E-state index is 15.8. The largest absolute Gasteiger partial charge is 0.467 e. The van der Waals surface area contributed by atoms with Crippen molar-refractivity contribution in [1.29, 1.82) is 0 Å². The van der Waals surface area contributed by atoms with Crippen molar-refractivity contribution in [2.45, 2.75) is 24.9 Å². The number of imide groups is 1. The van der Waals surface area contributed by atoms with E-state index in [2.05, 4.69) is 4.74 Å². The van der Waals surface area contributed by atoms with Crippen LogP contribution in [-0.2, 0) is 24.5 Å². The third kappa shape index (κ3) is 1.95. The fourth-order valence-corrected chi connectivity index (χ4v) is 4.16. The molecule has 27 heavy (non-hydrogen) atoms. The van der Waals surface area contributed by atoms with Gasteiger partial charge in [0, 0.05) is 0 Å². The summed E-state index contributed by atoms with van der Waals surface area (Å²) in [4.78, 5) is 39.5. The molecule has 4 rings (SSSR count). The highest BCUT2D eigenvalue weighted by Gasteiger charge is 2.94. The Hall–Kier alpha value is -3.02. The van der Waals surface area contributed by atoms with Gasteiger partial charge >= 0.3 is 5.97 Å². The van der Waals surface area contributed by atoms with Crippen molar-refractivity contribution >= 4 is 23.5 Å². The average Bonchev–Trinajstić information content (AvgIpc) is 3.15. The summed E-state index contributed by atoms with van der Waals surface area (Å²) < 4.78 is 20.4. The highest BCUT2D eigenvalue weighted by Crippen LogP contribution is 2.71. The SMILES string of the molecule is COC(=O)[C@@]1(F)[C@H]2C(=O)N(c3ccc(C)cc3)C(=O)[C@]21c1ccc(C)cc1. The number of fused-ring (bicyclic) bond motifs is 1. The molecular formula is C21H18FNO4. The number of carbonyl (C=O) groups is 3. The number of hydrogen-bond donors (Lipinski definition) is 0. The summed E-state index contributed by atoms with van der Waals surface area (Å²) in [6.07, 6.45) is 0. The van der Waals surface area contributed by atoms with Gasteiger partial charge in [-0.1, -0.05) is 47.5 Å². The zero-order valence-electron chi connectivity index (χ0n) is 15.2. The van der Waals surface area contributed by atoms with Crippen LogP contribution in [0.5, 0.6) is 0 Å². The number of piperidine rings is 1. The van der Waals surface area contributed by atoms with Crippen molar-refractivity contribution in [3.8, 4) is 0 Å². The lowest BCUT2D eigenvalue weighted by Gasteiger charge is -2.24. The molecule has 2 fully saturated rings. The summed E-state index contributed by atoms with van der Waals surface area (Å²) in [5, 5.41) is 0. The lowest BCUT2D eigenvalue weighted by Crippen LogP contribution is -2.46. The van der Waals surface area contributed by atoms with E-state index in [0.717, 1.165) is 23.1 Å². The van der Waals surface area contributed by atoms with E-state index < -0.39 is 34.8 Å². The number of halogens is 1. The third-order valence-corrected chi connectivity index (χ3v) is 5.61. The minimum absolute atomic E-state index is 0.305. The fraction of sp³-hybridized carbons (Fsp3) is 0.286. The van der Waals surface area contributed by atoms with Crippen LogP contribution in [0.2, 0.25) is 0 Å². The number of methoxy groups -OCH3 is 1. The first-order valence-electron chi connectivity index (χ1n) is 8.59. The molecule has 2 aliphatic rings. The van der Waals surface area contributed by atoms with Gasteiger partial charge < -0.3 is 4.74 Å². The van der Waals surface area contributed by atoms with Crippen molar-refractivity contribution in [2.24, 2.45) is 5.92 Å². The van der Waals surface area contributed by atoms with Gasteiger partial charge in [0.2, 0.25) is 17.5 Å². The van der Waals surface area contributed by atoms with E-state index in [-0.39, 0.29) is 0 Å². The molecule has 6 heteroatoms. The Morgan fingerprint density at radius 3 is 2.04 bits per heavy atom. The van der Waals surface area contributed by atoms with Gasteiger partial charge in [-0.15, -0.1) is 0 Å². The molecule has 1 aliphatic carbocycles. The maximum Gasteiger partial charge on any atom is 0.346 e. The van der Waals surface area contributed by atoms with Gasteiger partial charge in [0.05, 0.1) is 12.8 Å². The lowest BCUT2D eigenvalue weighted by molar-refractivity contribution is -0.152. The number of carbonyl (C=O) groups excluding carboxylic acids is 3. The van der Waals surface area contributed by atoms with Crippen LogP contribution in [0.1, 0.15) is 16.7 Å². The topological polar surface area (TPSA) is 63.7 Å². The van der Waals surface area contributed by atoms with Crippen LogP contribution in [-0.4, -0.2) is 30.6 Å². The summed E-state index contributed by atoms with van der Waals surface area (Å²) in [5.41, 5.74) is -2.02. The Bertz CT molecular complexity index is 969. The van der Waals surface area contributed by atoms with E-state index in [1.165, 1.54) is 0 Å². The molecule has 0 unspecified atom stereocenters. The molecule has 0 radical (unpaired) electrons. The van der Waals surface area contributed by atoms with Crippen molar-refractivity contribution < 1.29 is 23.5 Å². The number of hydrogen-bond acceptors (Lipinski definition) is 4. The first-order chi connectivity index (χ1) is 12.8. The Morgan fingerprint density at radius 2 is 1.52 bits per heavy atom. The number of rotatable bonds is 3. The Morgan fingerprint density at radius 1 is 1.00 bits per heavy atom. The van der Waals surface area contributed by atoms with E-state index in [9.17, 15) is 14.4 Å². The van der Waals surface area contributed by atoms with Gasteiger partial charge in [0.1, 0.15) is 11.3 Å². The van der Waals surface area contributed by atoms with Crippen molar-refractivity contribution in [3.05, 3.63) is 65.2 Å². The Kier molecular flexibility index (Phi) is 3.54. The molecule has 1 saturated carbocycles. The Balaban J connectivity index is 1.87. The van der Waals surface area contributed by atoms with Crippen LogP contribution in [0.25, 0.3) is 0 Å². The first kappa shape index (κ1) is 17.4. The second kappa shape index (κ2) is 5.49. The minimum Gasteiger partial charge on any atom is -0.467 e. The number of amides is 2. The molecule has 1 saturated heterocycles. The average molecular weight is 367 g/mol. The van der Waals surface area contributed by atoms with Crippen LogP contribution in [0.4, 0.5) is 10.1 Å². The van der Waals surface area contributed by atoms with Crippen molar-refractivity contribution in [2.75, 3.05) is 12.0 Å². The number of aryl methyl sites for hydroxylation is 2. The van der Waals surface area contributed by atoms with E-state index in [1.807, 2.05) is 13.8 Å². The number of nitrogens with zero attached hydrogens (tertiary/aromatic N) is 1. The third-order valence-electron chi connectivity index (χ3n) is 5.61. The Labute approximate surface area is 155 Å². The molecule has 2 aromatic carbocycles. The molecule has 0 bridgehead atoms. The van der Waals surface area contributed by atoms with Crippen LogP contribution >= 0.6 is 0 Å². The van der Waals surface area contributed by atoms with E-state index in [4.69, 9.17) is 0 Å². The summed E-state index contributed by atoms with van der Waals surface area (Å²) in [6.45, 7) is 3.74. The van der Waals surface area contributed by atoms with E-state index in [0.29, 0.717) is 11.3 Å². The van der Waals surface area contributed by atoms with Gasteiger partial charge in [0.25, 0.3) is 0 Å². The minimum atomic E-state index is -2.69. The molecule has 0 spiro atoms. The van der Waals surface area contributed by atoms with Crippen molar-refractivity contribution in [3.63, 3.8) is 0 Å². The van der Waals surface area contributed by atoms with Crippen LogP contribution < -0.4 is 4.90 Å². The maximum atomic E-state index is 15.8. The zero-order valence-corrected chi connectivity index (χ0v) is 15.2. The van der Waals surface area contributed by atoms with Gasteiger partial charge in [-0.05, 0) is 31.5 Å². The van der Waals surface area contributed by atoms with Gasteiger partial charge in [-0.2, -0.15) is 0 Å². The zero-order chi connectivity index (χ0) is 19.6. The van der Waals surface area contributed by atoms with Gasteiger partial charge in [-0.25, -0.2) is 14.1 Å². The molecule has 0 aromatic heterocycles. The number of alkyl halides is 1. The van der Waals surface area contributed by atoms with Crippen LogP contribution in [0.3, 0.4) is 0 Å². The lowest BCUT2D eigenvalue weighted by atomic mass is 9.90. The molecular weight excluding hydrogens is 349 g/mol. The number of ether oxygens (including phenoxy) is 1. The van der Waals surface area contributed by atoms with E-state index >= 15 is 4.39 Å².